The van der Waals surface area contributed by atoms with Crippen molar-refractivity contribution in [1.82, 2.24) is 0 Å². The number of thiophene rings is 1. The number of fused-ring (bicyclic) bond motifs is 1. The third-order valence-corrected chi connectivity index (χ3v) is 3.48. The molecule has 0 amide bonds. The molecular formula is C11H9BF3KO2S. The van der Waals surface area contributed by atoms with Gasteiger partial charge in [0.15, 0.2) is 0 Å². The molecule has 2 aromatic rings. The largest absolute Gasteiger partial charge is 1.00 e. The van der Waals surface area contributed by atoms with Gasteiger partial charge in [-0.15, -0.1) is 16.8 Å². The zero-order chi connectivity index (χ0) is 13.3. The first-order valence-electron chi connectivity index (χ1n) is 5.32. The predicted molar refractivity (Wildman–Crippen MR) is 66.5 cm³/mol. The van der Waals surface area contributed by atoms with Gasteiger partial charge in [0, 0.05) is 4.70 Å². The van der Waals surface area contributed by atoms with Gasteiger partial charge in [0.1, 0.15) is 4.88 Å². The molecule has 8 heteroatoms. The van der Waals surface area contributed by atoms with Crippen LogP contribution in [0.3, 0.4) is 0 Å². The number of hydrogen-bond donors (Lipinski definition) is 0. The number of esters is 1. The maximum atomic E-state index is 12.6. The molecule has 1 heterocycles. The Morgan fingerprint density at radius 1 is 1.32 bits per heavy atom. The number of benzene rings is 1. The quantitative estimate of drug-likeness (QED) is 0.595. The van der Waals surface area contributed by atoms with Crippen molar-refractivity contribution in [1.29, 1.82) is 0 Å². The fraction of sp³-hybridized carbons (Fsp3) is 0.182. The molecule has 0 radical (unpaired) electrons. The maximum absolute atomic E-state index is 12.6. The second-order valence-corrected chi connectivity index (χ2v) is 4.79. The van der Waals surface area contributed by atoms with E-state index in [0.29, 0.717) is 15.0 Å². The summed E-state index contributed by atoms with van der Waals surface area (Å²) in [5.74, 6) is -0.502. The fourth-order valence-electron chi connectivity index (χ4n) is 1.55. The average molecular weight is 312 g/mol. The van der Waals surface area contributed by atoms with Gasteiger partial charge in [0.25, 0.3) is 0 Å². The smallest absolute Gasteiger partial charge is 0.462 e. The van der Waals surface area contributed by atoms with Crippen LogP contribution in [0.25, 0.3) is 10.1 Å². The first-order chi connectivity index (χ1) is 8.41. The van der Waals surface area contributed by atoms with Crippen molar-refractivity contribution in [2.24, 2.45) is 0 Å². The van der Waals surface area contributed by atoms with Gasteiger partial charge < -0.3 is 17.7 Å². The Morgan fingerprint density at radius 3 is 2.58 bits per heavy atom. The molecule has 19 heavy (non-hydrogen) atoms. The normalized spacial score (nSPS) is 11.2. The van der Waals surface area contributed by atoms with Crippen LogP contribution in [0.1, 0.15) is 16.6 Å². The Bertz CT molecular complexity index is 597. The van der Waals surface area contributed by atoms with E-state index in [4.69, 9.17) is 4.74 Å². The molecule has 0 spiro atoms. The van der Waals surface area contributed by atoms with Gasteiger partial charge in [-0.05, 0) is 18.4 Å². The summed E-state index contributed by atoms with van der Waals surface area (Å²) in [6, 6.07) is 5.02. The summed E-state index contributed by atoms with van der Waals surface area (Å²) in [6.07, 6.45) is 0. The second kappa shape index (κ2) is 6.73. The number of carbonyl (C=O) groups is 1. The van der Waals surface area contributed by atoms with Crippen molar-refractivity contribution in [3.63, 3.8) is 0 Å². The Hall–Kier alpha value is 0.141. The first-order valence-corrected chi connectivity index (χ1v) is 6.14. The molecule has 0 saturated carbocycles. The summed E-state index contributed by atoms with van der Waals surface area (Å²) in [4.78, 5) is 11.8. The summed E-state index contributed by atoms with van der Waals surface area (Å²) in [6.45, 7) is -3.10. The van der Waals surface area contributed by atoms with Crippen LogP contribution in [0.15, 0.2) is 24.3 Å². The van der Waals surface area contributed by atoms with Gasteiger partial charge in [-0.1, -0.05) is 18.2 Å². The minimum absolute atomic E-state index is 0. The van der Waals surface area contributed by atoms with E-state index in [-0.39, 0.29) is 58.0 Å². The zero-order valence-corrected chi connectivity index (χ0v) is 14.4. The standard InChI is InChI=1S/C11H9BF3O2S.K/c1-2-17-11(16)10-5-7-3-4-8(12(13,14)15)6-9(7)18-10;/h3-6H,2H2,1H3;/q-1;+1. The number of hydrogen-bond acceptors (Lipinski definition) is 3. The van der Waals surface area contributed by atoms with Crippen molar-refractivity contribution in [2.45, 2.75) is 6.92 Å². The molecule has 0 fully saturated rings. The molecule has 1 aromatic carbocycles. The number of ether oxygens (including phenoxy) is 1. The van der Waals surface area contributed by atoms with Gasteiger partial charge in [0.2, 0.25) is 0 Å². The van der Waals surface area contributed by atoms with Crippen LogP contribution in [-0.2, 0) is 4.74 Å². The molecule has 2 nitrogen and oxygen atoms in total. The SMILES string of the molecule is CCOC(=O)c1cc2ccc([B-](F)(F)F)cc2s1.[K+]. The zero-order valence-electron chi connectivity index (χ0n) is 10.5. The predicted octanol–water partition coefficient (Wildman–Crippen LogP) is 0.136. The molecule has 2 rings (SSSR count). The third kappa shape index (κ3) is 4.05. The van der Waals surface area contributed by atoms with Crippen LogP contribution in [0.5, 0.6) is 0 Å². The summed E-state index contributed by atoms with van der Waals surface area (Å²) in [5.41, 5.74) is -0.653. The van der Waals surface area contributed by atoms with E-state index in [0.717, 1.165) is 23.5 Å². The van der Waals surface area contributed by atoms with E-state index in [1.165, 1.54) is 6.07 Å². The van der Waals surface area contributed by atoms with Gasteiger partial charge in [0.05, 0.1) is 6.61 Å². The topological polar surface area (TPSA) is 26.3 Å². The summed E-state index contributed by atoms with van der Waals surface area (Å²) in [7, 11) is 0. The molecule has 0 aliphatic rings. The van der Waals surface area contributed by atoms with Crippen molar-refractivity contribution in [3.05, 3.63) is 29.1 Å². The van der Waals surface area contributed by atoms with Crippen molar-refractivity contribution >= 4 is 39.8 Å². The first kappa shape index (κ1) is 17.2. The van der Waals surface area contributed by atoms with E-state index in [1.807, 2.05) is 0 Å². The molecule has 0 aliphatic heterocycles. The summed E-state index contributed by atoms with van der Waals surface area (Å²) >= 11 is 1.01. The molecule has 0 N–H and O–H groups in total. The van der Waals surface area contributed by atoms with Gasteiger partial charge >= 0.3 is 64.3 Å². The van der Waals surface area contributed by atoms with E-state index in [2.05, 4.69) is 0 Å². The maximum Gasteiger partial charge on any atom is 1.00 e. The average Bonchev–Trinajstić information content (AvgIpc) is 2.70. The number of halogens is 3. The van der Waals surface area contributed by atoms with Crippen LogP contribution in [0.4, 0.5) is 12.9 Å². The molecule has 96 valence electrons. The molecule has 0 atom stereocenters. The van der Waals surface area contributed by atoms with E-state index < -0.39 is 18.4 Å². The fourth-order valence-corrected chi connectivity index (χ4v) is 2.56. The van der Waals surface area contributed by atoms with Crippen LogP contribution in [-0.4, -0.2) is 19.6 Å². The molecule has 0 saturated heterocycles. The Balaban J connectivity index is 0.00000180. The monoisotopic (exact) mass is 312 g/mol. The Kier molecular flexibility index (Phi) is 6.09. The summed E-state index contributed by atoms with van der Waals surface area (Å²) in [5, 5.41) is 0.617. The third-order valence-electron chi connectivity index (χ3n) is 2.40. The van der Waals surface area contributed by atoms with Crippen LogP contribution < -0.4 is 56.8 Å². The van der Waals surface area contributed by atoms with Crippen LogP contribution >= 0.6 is 11.3 Å². The van der Waals surface area contributed by atoms with E-state index in [1.54, 1.807) is 13.0 Å². The van der Waals surface area contributed by atoms with E-state index in [9.17, 15) is 17.7 Å². The van der Waals surface area contributed by atoms with Gasteiger partial charge in [-0.2, -0.15) is 0 Å². The number of carbonyl (C=O) groups excluding carboxylic acids is 1. The van der Waals surface area contributed by atoms with Crippen molar-refractivity contribution in [2.75, 3.05) is 6.61 Å². The minimum Gasteiger partial charge on any atom is -0.462 e. The Morgan fingerprint density at radius 2 is 2.00 bits per heavy atom. The van der Waals surface area contributed by atoms with Crippen LogP contribution in [0.2, 0.25) is 0 Å². The van der Waals surface area contributed by atoms with E-state index >= 15 is 0 Å². The van der Waals surface area contributed by atoms with Gasteiger partial charge in [-0.3, -0.25) is 0 Å². The minimum atomic E-state index is -5.01. The van der Waals surface area contributed by atoms with Crippen molar-refractivity contribution < 1.29 is 73.9 Å². The van der Waals surface area contributed by atoms with Crippen LogP contribution in [0, 0.1) is 0 Å². The molecule has 0 bridgehead atoms. The van der Waals surface area contributed by atoms with Crippen molar-refractivity contribution in [3.8, 4) is 0 Å². The number of rotatable bonds is 3. The Labute approximate surface area is 154 Å². The molecule has 1 aromatic heterocycles. The van der Waals surface area contributed by atoms with Gasteiger partial charge in [-0.25, -0.2) is 4.79 Å². The molecule has 0 unspecified atom stereocenters. The molecular weight excluding hydrogens is 303 g/mol. The molecule has 0 aliphatic carbocycles. The summed E-state index contributed by atoms with van der Waals surface area (Å²) < 4.78 is 43.0. The second-order valence-electron chi connectivity index (χ2n) is 3.70.